The van der Waals surface area contributed by atoms with E-state index in [9.17, 15) is 8.42 Å². The van der Waals surface area contributed by atoms with Crippen LogP contribution in [0.15, 0.2) is 54.6 Å². The van der Waals surface area contributed by atoms with Crippen LogP contribution in [0.25, 0.3) is 0 Å². The molecular weight excluding hydrogens is 284 g/mol. The van der Waals surface area contributed by atoms with Crippen LogP contribution >= 0.6 is 0 Å². The topological polar surface area (TPSA) is 49.4 Å². The Morgan fingerprint density at radius 1 is 0.952 bits per heavy atom. The van der Waals surface area contributed by atoms with Crippen molar-refractivity contribution in [3.8, 4) is 0 Å². The van der Waals surface area contributed by atoms with Crippen LogP contribution in [0.2, 0.25) is 0 Å². The molecule has 0 aliphatic heterocycles. The molecule has 1 N–H and O–H groups in total. The van der Waals surface area contributed by atoms with Gasteiger partial charge >= 0.3 is 0 Å². The van der Waals surface area contributed by atoms with Gasteiger partial charge in [0.05, 0.1) is 5.75 Å². The summed E-state index contributed by atoms with van der Waals surface area (Å²) in [6.45, 7) is 1.84. The fourth-order valence-corrected chi connectivity index (χ4v) is 3.19. The third-order valence-corrected chi connectivity index (χ3v) is 4.64. The van der Waals surface area contributed by atoms with Gasteiger partial charge in [0, 0.05) is 24.1 Å². The summed E-state index contributed by atoms with van der Waals surface area (Å²) in [5.74, 6) is 0.138. The van der Waals surface area contributed by atoms with Gasteiger partial charge in [-0.15, -0.1) is 0 Å². The molecule has 2 aromatic carbocycles. The highest BCUT2D eigenvalue weighted by Crippen LogP contribution is 2.24. The molecule has 2 rings (SSSR count). The minimum atomic E-state index is -3.23. The average molecular weight is 304 g/mol. The van der Waals surface area contributed by atoms with Crippen LogP contribution in [-0.4, -0.2) is 21.2 Å². The Labute approximate surface area is 126 Å². The van der Waals surface area contributed by atoms with Crippen molar-refractivity contribution in [3.05, 3.63) is 54.6 Å². The molecule has 0 aliphatic rings. The normalized spacial score (nSPS) is 11.1. The smallest absolute Gasteiger partial charge is 0.232 e. The lowest BCUT2D eigenvalue weighted by atomic mass is 10.2. The fourth-order valence-electron chi connectivity index (χ4n) is 2.05. The number of hydrogen-bond acceptors (Lipinski definition) is 3. The number of hydrogen-bond donors (Lipinski definition) is 1. The lowest BCUT2D eigenvalue weighted by Gasteiger charge is -2.19. The van der Waals surface area contributed by atoms with Gasteiger partial charge in [0.25, 0.3) is 0 Å². The van der Waals surface area contributed by atoms with Gasteiger partial charge in [0.15, 0.2) is 0 Å². The summed E-state index contributed by atoms with van der Waals surface area (Å²) in [5.41, 5.74) is 2.67. The van der Waals surface area contributed by atoms with E-state index in [0.717, 1.165) is 11.4 Å². The summed E-state index contributed by atoms with van der Waals surface area (Å²) < 4.78 is 26.0. The molecule has 5 heteroatoms. The lowest BCUT2D eigenvalue weighted by Crippen LogP contribution is -2.16. The van der Waals surface area contributed by atoms with Gasteiger partial charge in [-0.1, -0.05) is 25.1 Å². The Kier molecular flexibility index (Phi) is 4.85. The molecule has 0 radical (unpaired) electrons. The predicted molar refractivity (Wildman–Crippen MR) is 88.6 cm³/mol. The van der Waals surface area contributed by atoms with Gasteiger partial charge in [0.2, 0.25) is 10.0 Å². The average Bonchev–Trinajstić information content (AvgIpc) is 2.48. The zero-order valence-corrected chi connectivity index (χ0v) is 13.1. The molecule has 0 aliphatic carbocycles. The monoisotopic (exact) mass is 304 g/mol. The highest BCUT2D eigenvalue weighted by atomic mass is 32.2. The third kappa shape index (κ3) is 4.23. The van der Waals surface area contributed by atoms with Crippen LogP contribution in [0.3, 0.4) is 0 Å². The molecule has 0 amide bonds. The van der Waals surface area contributed by atoms with Crippen molar-refractivity contribution in [2.75, 3.05) is 22.4 Å². The van der Waals surface area contributed by atoms with Crippen molar-refractivity contribution < 1.29 is 8.42 Å². The van der Waals surface area contributed by atoms with Gasteiger partial charge < -0.3 is 4.90 Å². The minimum Gasteiger partial charge on any atom is -0.345 e. The Bertz CT molecular complexity index is 667. The van der Waals surface area contributed by atoms with Crippen LogP contribution in [0, 0.1) is 0 Å². The van der Waals surface area contributed by atoms with Gasteiger partial charge in [-0.3, -0.25) is 4.72 Å². The first kappa shape index (κ1) is 15.4. The van der Waals surface area contributed by atoms with Crippen molar-refractivity contribution >= 4 is 27.1 Å². The number of para-hydroxylation sites is 1. The van der Waals surface area contributed by atoms with Gasteiger partial charge in [-0.25, -0.2) is 8.42 Å². The van der Waals surface area contributed by atoms with Crippen molar-refractivity contribution in [1.29, 1.82) is 0 Å². The second kappa shape index (κ2) is 6.63. The van der Waals surface area contributed by atoms with E-state index in [2.05, 4.69) is 4.72 Å². The second-order valence-electron chi connectivity index (χ2n) is 4.86. The summed E-state index contributed by atoms with van der Waals surface area (Å²) in [4.78, 5) is 2.05. The number of nitrogens with one attached hydrogen (secondary N) is 1. The van der Waals surface area contributed by atoms with E-state index in [0.29, 0.717) is 12.1 Å². The molecule has 0 heterocycles. The molecule has 0 atom stereocenters. The molecule has 2 aromatic rings. The zero-order valence-electron chi connectivity index (χ0n) is 12.3. The van der Waals surface area contributed by atoms with Crippen molar-refractivity contribution in [3.63, 3.8) is 0 Å². The Morgan fingerprint density at radius 3 is 2.10 bits per heavy atom. The van der Waals surface area contributed by atoms with Gasteiger partial charge in [0.1, 0.15) is 0 Å². The maximum absolute atomic E-state index is 11.7. The predicted octanol–water partition coefficient (Wildman–Crippen LogP) is 3.61. The van der Waals surface area contributed by atoms with E-state index in [1.807, 2.05) is 61.3 Å². The number of sulfonamides is 1. The van der Waals surface area contributed by atoms with Crippen molar-refractivity contribution in [2.45, 2.75) is 13.3 Å². The Hall–Kier alpha value is -2.01. The van der Waals surface area contributed by atoms with Crippen molar-refractivity contribution in [1.82, 2.24) is 0 Å². The van der Waals surface area contributed by atoms with Gasteiger partial charge in [-0.05, 0) is 42.8 Å². The lowest BCUT2D eigenvalue weighted by molar-refractivity contribution is 0.600. The highest BCUT2D eigenvalue weighted by molar-refractivity contribution is 7.92. The van der Waals surface area contributed by atoms with E-state index >= 15 is 0 Å². The Balaban J connectivity index is 2.12. The van der Waals surface area contributed by atoms with Crippen LogP contribution in [0.4, 0.5) is 17.1 Å². The molecule has 0 saturated carbocycles. The summed E-state index contributed by atoms with van der Waals surface area (Å²) >= 11 is 0. The first-order valence-electron chi connectivity index (χ1n) is 6.91. The fraction of sp³-hybridized carbons (Fsp3) is 0.250. The molecule has 112 valence electrons. The summed E-state index contributed by atoms with van der Waals surface area (Å²) in [7, 11) is -1.26. The third-order valence-electron chi connectivity index (χ3n) is 3.14. The number of benzene rings is 2. The maximum Gasteiger partial charge on any atom is 0.232 e. The van der Waals surface area contributed by atoms with E-state index in [4.69, 9.17) is 0 Å². The van der Waals surface area contributed by atoms with E-state index < -0.39 is 10.0 Å². The first-order chi connectivity index (χ1) is 10.0. The molecule has 0 unspecified atom stereocenters. The summed E-state index contributed by atoms with van der Waals surface area (Å²) in [6.07, 6.45) is 0.601. The molecule has 0 aromatic heterocycles. The number of rotatable bonds is 6. The number of nitrogens with zero attached hydrogens (tertiary/aromatic N) is 1. The standard InChI is InChI=1S/C16H20N2O2S/c1-3-13-21(19,20)17-14-9-11-16(12-10-14)18(2)15-7-5-4-6-8-15/h4-12,17H,3,13H2,1-2H3. The van der Waals surface area contributed by atoms with E-state index in [1.165, 1.54) is 0 Å². The van der Waals surface area contributed by atoms with E-state index in [1.54, 1.807) is 12.1 Å². The second-order valence-corrected chi connectivity index (χ2v) is 6.70. The highest BCUT2D eigenvalue weighted by Gasteiger charge is 2.09. The molecular formula is C16H20N2O2S. The van der Waals surface area contributed by atoms with Crippen LogP contribution < -0.4 is 9.62 Å². The molecule has 0 spiro atoms. The quantitative estimate of drug-likeness (QED) is 0.887. The zero-order chi connectivity index (χ0) is 15.3. The van der Waals surface area contributed by atoms with Gasteiger partial charge in [-0.2, -0.15) is 0 Å². The van der Waals surface area contributed by atoms with Crippen molar-refractivity contribution in [2.24, 2.45) is 0 Å². The number of anilines is 3. The minimum absolute atomic E-state index is 0.138. The maximum atomic E-state index is 11.7. The van der Waals surface area contributed by atoms with Crippen LogP contribution in [0.1, 0.15) is 13.3 Å². The molecule has 21 heavy (non-hydrogen) atoms. The summed E-state index contributed by atoms with van der Waals surface area (Å²) in [6, 6.07) is 17.4. The SMILES string of the molecule is CCCS(=O)(=O)Nc1ccc(N(C)c2ccccc2)cc1. The summed E-state index contributed by atoms with van der Waals surface area (Å²) in [5, 5.41) is 0. The molecule has 0 bridgehead atoms. The Morgan fingerprint density at radius 2 is 1.52 bits per heavy atom. The van der Waals surface area contributed by atoms with Crippen LogP contribution in [0.5, 0.6) is 0 Å². The molecule has 0 saturated heterocycles. The largest absolute Gasteiger partial charge is 0.345 e. The molecule has 0 fully saturated rings. The molecule has 4 nitrogen and oxygen atoms in total. The first-order valence-corrected chi connectivity index (χ1v) is 8.56. The van der Waals surface area contributed by atoms with E-state index in [-0.39, 0.29) is 5.75 Å². The van der Waals surface area contributed by atoms with Crippen LogP contribution in [-0.2, 0) is 10.0 Å².